The highest BCUT2D eigenvalue weighted by Gasteiger charge is 2.73. The van der Waals surface area contributed by atoms with Crippen LogP contribution in [-0.2, 0) is 36.4 Å². The third-order valence-electron chi connectivity index (χ3n) is 13.2. The second kappa shape index (κ2) is 15.1. The number of aliphatic hydroxyl groups is 1. The Labute approximate surface area is 319 Å². The lowest BCUT2D eigenvalue weighted by Gasteiger charge is -2.64. The molecule has 1 spiro atoms. The van der Waals surface area contributed by atoms with Crippen molar-refractivity contribution in [3.8, 4) is 11.5 Å². The van der Waals surface area contributed by atoms with Crippen molar-refractivity contribution in [2.75, 3.05) is 53.4 Å². The van der Waals surface area contributed by atoms with Crippen molar-refractivity contribution < 1.29 is 33.5 Å². The van der Waals surface area contributed by atoms with Crippen LogP contribution in [0.5, 0.6) is 11.5 Å². The van der Waals surface area contributed by atoms with Crippen molar-refractivity contribution in [1.29, 1.82) is 0 Å². The van der Waals surface area contributed by atoms with Crippen LogP contribution in [0.15, 0.2) is 103 Å². The third kappa shape index (κ3) is 5.89. The monoisotopic (exact) mass is 731 g/mol. The van der Waals surface area contributed by atoms with Gasteiger partial charge in [0.05, 0.1) is 43.5 Å². The lowest BCUT2D eigenvalue weighted by atomic mass is 9.48. The van der Waals surface area contributed by atoms with Crippen molar-refractivity contribution in [3.63, 3.8) is 0 Å². The minimum absolute atomic E-state index is 0.0491. The summed E-state index contributed by atoms with van der Waals surface area (Å²) >= 11 is 0. The highest BCUT2D eigenvalue weighted by atomic mass is 16.7. The fourth-order valence-electron chi connectivity index (χ4n) is 10.6. The number of benzene rings is 4. The van der Waals surface area contributed by atoms with Crippen LogP contribution in [0.2, 0.25) is 0 Å². The van der Waals surface area contributed by atoms with Crippen molar-refractivity contribution >= 4 is 0 Å². The van der Waals surface area contributed by atoms with E-state index in [1.165, 1.54) is 24.8 Å². The Morgan fingerprint density at radius 2 is 1.48 bits per heavy atom. The quantitative estimate of drug-likeness (QED) is 0.0748. The minimum Gasteiger partial charge on any atom is -0.482 e. The first-order valence-electron chi connectivity index (χ1n) is 20.0. The number of nitrogens with zero attached hydrogens (tertiary/aromatic N) is 1. The SMILES string of the molecule is COCCOCOc1ccc2c3c1O[C@H]1[C@@H](OCCOC(c4ccccc4)(c4ccccc4)c4ccccc4)CC[C@@]4(O)[C@@H](C2)N(CC2CCC2)CC[C@]314. The first-order chi connectivity index (χ1) is 26.6. The minimum atomic E-state index is -0.926. The van der Waals surface area contributed by atoms with E-state index in [2.05, 4.69) is 83.8 Å². The summed E-state index contributed by atoms with van der Waals surface area (Å²) in [5.41, 5.74) is 3.24. The van der Waals surface area contributed by atoms with Crippen molar-refractivity contribution in [2.45, 2.75) is 79.8 Å². The van der Waals surface area contributed by atoms with Crippen LogP contribution in [-0.4, -0.2) is 87.3 Å². The number of hydrogen-bond acceptors (Lipinski definition) is 8. The van der Waals surface area contributed by atoms with Gasteiger partial charge in [-0.1, -0.05) is 103 Å². The van der Waals surface area contributed by atoms with Gasteiger partial charge < -0.3 is 33.5 Å². The molecule has 2 heterocycles. The predicted molar refractivity (Wildman–Crippen MR) is 206 cm³/mol. The van der Waals surface area contributed by atoms with Crippen molar-refractivity contribution in [1.82, 2.24) is 4.90 Å². The van der Waals surface area contributed by atoms with Crippen LogP contribution in [0.1, 0.15) is 66.3 Å². The lowest BCUT2D eigenvalue weighted by molar-refractivity contribution is -0.218. The molecular formula is C46H53NO7. The molecule has 3 aliphatic carbocycles. The molecule has 4 aromatic carbocycles. The molecule has 5 atom stereocenters. The molecule has 2 bridgehead atoms. The van der Waals surface area contributed by atoms with Gasteiger partial charge in [-0.05, 0) is 79.3 Å². The molecule has 8 heteroatoms. The highest BCUT2D eigenvalue weighted by molar-refractivity contribution is 5.63. The van der Waals surface area contributed by atoms with E-state index in [0.29, 0.717) is 45.0 Å². The van der Waals surface area contributed by atoms with Crippen molar-refractivity contribution in [2.24, 2.45) is 5.92 Å². The summed E-state index contributed by atoms with van der Waals surface area (Å²) in [5.74, 6) is 2.15. The molecule has 3 fully saturated rings. The van der Waals surface area contributed by atoms with Gasteiger partial charge in [0.25, 0.3) is 0 Å². The summed E-state index contributed by atoms with van der Waals surface area (Å²) in [6, 6.07) is 35.7. The van der Waals surface area contributed by atoms with Crippen molar-refractivity contribution in [3.05, 3.63) is 131 Å². The summed E-state index contributed by atoms with van der Waals surface area (Å²) in [5, 5.41) is 13.1. The van der Waals surface area contributed by atoms with Crippen LogP contribution in [0, 0.1) is 5.92 Å². The highest BCUT2D eigenvalue weighted by Crippen LogP contribution is 2.66. The van der Waals surface area contributed by atoms with Gasteiger partial charge in [-0.15, -0.1) is 0 Å². The number of ether oxygens (including phenoxy) is 6. The number of methoxy groups -OCH3 is 1. The number of piperidine rings is 1. The van der Waals surface area contributed by atoms with Gasteiger partial charge in [-0.2, -0.15) is 0 Å². The first kappa shape index (κ1) is 35.9. The Bertz CT molecular complexity index is 1770. The molecule has 2 aliphatic heterocycles. The van der Waals surface area contributed by atoms with Gasteiger partial charge >= 0.3 is 0 Å². The van der Waals surface area contributed by atoms with Crippen LogP contribution in [0.4, 0.5) is 0 Å². The molecule has 2 saturated carbocycles. The maximum absolute atomic E-state index is 13.1. The second-order valence-electron chi connectivity index (χ2n) is 15.9. The van der Waals surface area contributed by atoms with Gasteiger partial charge in [0.1, 0.15) is 11.7 Å². The standard InChI is InChI=1S/C46H53NO7/c1-49-26-27-50-32-52-38-21-20-34-30-40-45(48)23-22-39(43-44(45,41(34)42(38)54-43)24-25-47(40)31-33-12-11-13-33)51-28-29-53-46(35-14-5-2-6-15-35,36-16-7-3-8-17-36)37-18-9-4-10-19-37/h2-10,14-21,33,39-40,43,48H,11-13,22-32H2,1H3/t39-,40+,43-,44-,45+/m0/s1. The van der Waals surface area contributed by atoms with E-state index in [0.717, 1.165) is 59.9 Å². The fraction of sp³-hybridized carbons (Fsp3) is 0.478. The zero-order chi connectivity index (χ0) is 36.6. The van der Waals surface area contributed by atoms with Crippen LogP contribution >= 0.6 is 0 Å². The average molecular weight is 732 g/mol. The molecule has 0 amide bonds. The fourth-order valence-corrected chi connectivity index (χ4v) is 10.6. The topological polar surface area (TPSA) is 78.9 Å². The van der Waals surface area contributed by atoms with E-state index in [1.54, 1.807) is 7.11 Å². The van der Waals surface area contributed by atoms with E-state index < -0.39 is 16.6 Å². The van der Waals surface area contributed by atoms with Gasteiger partial charge in [0.2, 0.25) is 0 Å². The molecule has 0 aromatic heterocycles. The van der Waals surface area contributed by atoms with Crippen LogP contribution in [0.25, 0.3) is 0 Å². The third-order valence-corrected chi connectivity index (χ3v) is 13.2. The largest absolute Gasteiger partial charge is 0.482 e. The van der Waals surface area contributed by atoms with E-state index in [-0.39, 0.29) is 25.0 Å². The summed E-state index contributed by atoms with van der Waals surface area (Å²) < 4.78 is 38.1. The zero-order valence-corrected chi connectivity index (χ0v) is 31.4. The molecule has 8 nitrogen and oxygen atoms in total. The smallest absolute Gasteiger partial charge is 0.189 e. The molecule has 1 N–H and O–H groups in total. The summed E-state index contributed by atoms with van der Waals surface area (Å²) in [4.78, 5) is 2.62. The molecule has 4 aromatic rings. The molecule has 0 unspecified atom stereocenters. The number of likely N-dealkylation sites (tertiary alicyclic amines) is 1. The Morgan fingerprint density at radius 3 is 2.11 bits per heavy atom. The summed E-state index contributed by atoms with van der Waals surface area (Å²) in [6.07, 6.45) is 6.34. The summed E-state index contributed by atoms with van der Waals surface area (Å²) in [7, 11) is 1.66. The molecule has 9 rings (SSSR count). The van der Waals surface area contributed by atoms with E-state index in [4.69, 9.17) is 28.4 Å². The van der Waals surface area contributed by atoms with E-state index >= 15 is 0 Å². The van der Waals surface area contributed by atoms with E-state index in [9.17, 15) is 5.11 Å². The predicted octanol–water partition coefficient (Wildman–Crippen LogP) is 7.03. The summed E-state index contributed by atoms with van der Waals surface area (Å²) in [6.45, 7) is 3.80. The lowest BCUT2D eigenvalue weighted by Crippen LogP contribution is -2.77. The maximum atomic E-state index is 13.1. The van der Waals surface area contributed by atoms with Gasteiger partial charge in [0.15, 0.2) is 18.3 Å². The first-order valence-corrected chi connectivity index (χ1v) is 20.0. The van der Waals surface area contributed by atoms with Gasteiger partial charge in [0, 0.05) is 25.3 Å². The Balaban J connectivity index is 1.00. The Hall–Kier alpha value is -3.76. The molecular weight excluding hydrogens is 679 g/mol. The molecule has 54 heavy (non-hydrogen) atoms. The molecule has 0 radical (unpaired) electrons. The Kier molecular flexibility index (Phi) is 10.0. The van der Waals surface area contributed by atoms with Crippen LogP contribution < -0.4 is 9.47 Å². The molecule has 5 aliphatic rings. The maximum Gasteiger partial charge on any atom is 0.189 e. The average Bonchev–Trinajstić information content (AvgIpc) is 3.55. The van der Waals surface area contributed by atoms with E-state index in [1.807, 2.05) is 24.3 Å². The Morgan fingerprint density at radius 1 is 0.796 bits per heavy atom. The zero-order valence-electron chi connectivity index (χ0n) is 31.4. The number of hydrogen-bond donors (Lipinski definition) is 1. The van der Waals surface area contributed by atoms with Gasteiger partial charge in [-0.3, -0.25) is 4.90 Å². The second-order valence-corrected chi connectivity index (χ2v) is 15.9. The molecule has 1 saturated heterocycles. The van der Waals surface area contributed by atoms with Crippen LogP contribution in [0.3, 0.4) is 0 Å². The normalized spacial score (nSPS) is 27.2. The van der Waals surface area contributed by atoms with Gasteiger partial charge in [-0.25, -0.2) is 0 Å². The molecule has 284 valence electrons. The number of rotatable bonds is 16.